The van der Waals surface area contributed by atoms with Gasteiger partial charge in [0.2, 0.25) is 5.91 Å². The van der Waals surface area contributed by atoms with E-state index in [1.807, 2.05) is 46.3 Å². The first-order valence-electron chi connectivity index (χ1n) is 7.87. The molecule has 0 unspecified atom stereocenters. The van der Waals surface area contributed by atoms with Gasteiger partial charge in [0.25, 0.3) is 0 Å². The zero-order chi connectivity index (χ0) is 18.4. The van der Waals surface area contributed by atoms with Crippen LogP contribution in [-0.2, 0) is 11.2 Å². The van der Waals surface area contributed by atoms with Crippen molar-refractivity contribution in [1.82, 2.24) is 20.1 Å². The van der Waals surface area contributed by atoms with Crippen molar-refractivity contribution in [2.24, 2.45) is 5.73 Å². The lowest BCUT2D eigenvalue weighted by atomic mass is 10.3. The van der Waals surface area contributed by atoms with E-state index in [9.17, 15) is 9.59 Å². The number of carbonyl (C=O) groups is 2. The zero-order valence-electron chi connectivity index (χ0n) is 13.8. The molecule has 1 aromatic carbocycles. The summed E-state index contributed by atoms with van der Waals surface area (Å²) in [5, 5.41) is 13.4. The summed E-state index contributed by atoms with van der Waals surface area (Å²) in [5.41, 5.74) is 5.91. The summed E-state index contributed by atoms with van der Waals surface area (Å²) in [5.74, 6) is 0.889. The van der Waals surface area contributed by atoms with Crippen LogP contribution in [0.5, 0.6) is 0 Å². The summed E-state index contributed by atoms with van der Waals surface area (Å²) in [6.45, 7) is 0. The Balaban J connectivity index is 1.78. The highest BCUT2D eigenvalue weighted by Crippen LogP contribution is 2.24. The number of thioether (sulfide) groups is 1. The number of nitrogens with zero attached hydrogens (tertiary/aromatic N) is 3. The highest BCUT2D eigenvalue weighted by atomic mass is 32.2. The number of amides is 3. The van der Waals surface area contributed by atoms with Crippen LogP contribution in [0.25, 0.3) is 5.69 Å². The Kier molecular flexibility index (Phi) is 6.03. The van der Waals surface area contributed by atoms with E-state index in [2.05, 4.69) is 21.6 Å². The Hall–Kier alpha value is -2.65. The van der Waals surface area contributed by atoms with Crippen LogP contribution in [0, 0.1) is 0 Å². The molecule has 0 aliphatic carbocycles. The Morgan fingerprint density at radius 1 is 1.15 bits per heavy atom. The van der Waals surface area contributed by atoms with Gasteiger partial charge in [-0.1, -0.05) is 36.0 Å². The molecule has 0 bridgehead atoms. The highest BCUT2D eigenvalue weighted by Gasteiger charge is 2.16. The molecule has 3 aromatic rings. The fourth-order valence-electron chi connectivity index (χ4n) is 2.35. The van der Waals surface area contributed by atoms with Crippen LogP contribution >= 0.6 is 23.1 Å². The minimum atomic E-state index is -0.842. The zero-order valence-corrected chi connectivity index (χ0v) is 15.4. The molecular weight excluding hydrogens is 370 g/mol. The predicted octanol–water partition coefficient (Wildman–Crippen LogP) is 2.60. The SMILES string of the molecule is NC(=O)NC(=O)CCSc1nnc(Cc2cccs2)n1-c1ccccc1. The maximum atomic E-state index is 11.5. The van der Waals surface area contributed by atoms with Gasteiger partial charge < -0.3 is 5.73 Å². The van der Waals surface area contributed by atoms with Crippen LogP contribution in [0.1, 0.15) is 17.1 Å². The maximum absolute atomic E-state index is 11.5. The first kappa shape index (κ1) is 18.2. The number of nitrogens with one attached hydrogen (secondary N) is 1. The number of aromatic nitrogens is 3. The van der Waals surface area contributed by atoms with Crippen molar-refractivity contribution in [2.75, 3.05) is 5.75 Å². The van der Waals surface area contributed by atoms with Gasteiger partial charge in [-0.2, -0.15) is 0 Å². The van der Waals surface area contributed by atoms with Gasteiger partial charge in [-0.15, -0.1) is 21.5 Å². The molecule has 0 spiro atoms. The number of urea groups is 1. The van der Waals surface area contributed by atoms with Crippen molar-refractivity contribution in [3.8, 4) is 5.69 Å². The van der Waals surface area contributed by atoms with E-state index >= 15 is 0 Å². The average molecular weight is 387 g/mol. The average Bonchev–Trinajstić information content (AvgIpc) is 3.25. The third kappa shape index (κ3) is 4.70. The monoisotopic (exact) mass is 387 g/mol. The van der Waals surface area contributed by atoms with Crippen LogP contribution < -0.4 is 11.1 Å². The first-order valence-corrected chi connectivity index (χ1v) is 9.74. The lowest BCUT2D eigenvalue weighted by Gasteiger charge is -2.09. The van der Waals surface area contributed by atoms with E-state index in [1.165, 1.54) is 16.6 Å². The van der Waals surface area contributed by atoms with Crippen molar-refractivity contribution in [1.29, 1.82) is 0 Å². The third-order valence-electron chi connectivity index (χ3n) is 3.45. The quantitative estimate of drug-likeness (QED) is 0.607. The number of benzene rings is 1. The summed E-state index contributed by atoms with van der Waals surface area (Å²) < 4.78 is 2.00. The molecular formula is C17H17N5O2S2. The van der Waals surface area contributed by atoms with Gasteiger partial charge in [0.15, 0.2) is 5.16 Å². The molecule has 0 fully saturated rings. The molecule has 26 heavy (non-hydrogen) atoms. The van der Waals surface area contributed by atoms with Crippen molar-refractivity contribution >= 4 is 35.0 Å². The summed E-state index contributed by atoms with van der Waals surface area (Å²) in [4.78, 5) is 23.4. The molecule has 3 N–H and O–H groups in total. The number of nitrogens with two attached hydrogens (primary N) is 1. The van der Waals surface area contributed by atoms with Crippen LogP contribution in [0.15, 0.2) is 53.0 Å². The van der Waals surface area contributed by atoms with Crippen molar-refractivity contribution < 1.29 is 9.59 Å². The van der Waals surface area contributed by atoms with E-state index in [0.717, 1.165) is 11.5 Å². The Morgan fingerprint density at radius 2 is 1.96 bits per heavy atom. The normalized spacial score (nSPS) is 10.6. The van der Waals surface area contributed by atoms with Gasteiger partial charge in [-0.3, -0.25) is 14.7 Å². The van der Waals surface area contributed by atoms with Gasteiger partial charge in [0.1, 0.15) is 5.82 Å². The molecule has 2 heterocycles. The van der Waals surface area contributed by atoms with E-state index in [-0.39, 0.29) is 6.42 Å². The summed E-state index contributed by atoms with van der Waals surface area (Å²) in [7, 11) is 0. The molecule has 0 saturated heterocycles. The second-order valence-corrected chi connectivity index (χ2v) is 7.43. The second-order valence-electron chi connectivity index (χ2n) is 5.34. The largest absolute Gasteiger partial charge is 0.351 e. The molecule has 0 aliphatic heterocycles. The van der Waals surface area contributed by atoms with Crippen LogP contribution in [-0.4, -0.2) is 32.5 Å². The minimum Gasteiger partial charge on any atom is -0.351 e. The summed E-state index contributed by atoms with van der Waals surface area (Å²) in [6.07, 6.45) is 0.845. The molecule has 134 valence electrons. The molecule has 3 rings (SSSR count). The maximum Gasteiger partial charge on any atom is 0.318 e. The molecule has 9 heteroatoms. The molecule has 0 saturated carbocycles. The van der Waals surface area contributed by atoms with E-state index in [1.54, 1.807) is 11.3 Å². The summed E-state index contributed by atoms with van der Waals surface area (Å²) in [6, 6.07) is 13.1. The number of hydrogen-bond donors (Lipinski definition) is 2. The van der Waals surface area contributed by atoms with Gasteiger partial charge in [-0.05, 0) is 23.6 Å². The van der Waals surface area contributed by atoms with E-state index < -0.39 is 11.9 Å². The molecule has 2 aromatic heterocycles. The van der Waals surface area contributed by atoms with Crippen molar-refractivity contribution in [3.05, 3.63) is 58.5 Å². The van der Waals surface area contributed by atoms with Gasteiger partial charge in [0.05, 0.1) is 0 Å². The van der Waals surface area contributed by atoms with Crippen LogP contribution in [0.3, 0.4) is 0 Å². The van der Waals surface area contributed by atoms with Gasteiger partial charge in [-0.25, -0.2) is 4.79 Å². The number of primary amides is 1. The molecule has 0 aliphatic rings. The van der Waals surface area contributed by atoms with Crippen molar-refractivity contribution in [3.63, 3.8) is 0 Å². The molecule has 0 radical (unpaired) electrons. The van der Waals surface area contributed by atoms with Crippen LogP contribution in [0.2, 0.25) is 0 Å². The Labute approximate surface area is 158 Å². The van der Waals surface area contributed by atoms with E-state index in [4.69, 9.17) is 5.73 Å². The first-order chi connectivity index (χ1) is 12.6. The Morgan fingerprint density at radius 3 is 2.65 bits per heavy atom. The topological polar surface area (TPSA) is 103 Å². The number of hydrogen-bond acceptors (Lipinski definition) is 6. The fourth-order valence-corrected chi connectivity index (χ4v) is 3.96. The molecule has 3 amide bonds. The second kappa shape index (κ2) is 8.63. The van der Waals surface area contributed by atoms with Gasteiger partial charge >= 0.3 is 6.03 Å². The number of carbonyl (C=O) groups excluding carboxylic acids is 2. The van der Waals surface area contributed by atoms with E-state index in [0.29, 0.717) is 17.3 Å². The minimum absolute atomic E-state index is 0.162. The molecule has 7 nitrogen and oxygen atoms in total. The third-order valence-corrected chi connectivity index (χ3v) is 5.26. The number of imide groups is 1. The summed E-state index contributed by atoms with van der Waals surface area (Å²) >= 11 is 3.08. The number of rotatable bonds is 7. The fraction of sp³-hybridized carbons (Fsp3) is 0.176. The van der Waals surface area contributed by atoms with Crippen molar-refractivity contribution in [2.45, 2.75) is 18.0 Å². The number of thiophene rings is 1. The predicted molar refractivity (Wildman–Crippen MR) is 102 cm³/mol. The Bertz CT molecular complexity index is 878. The molecule has 0 atom stereocenters. The standard InChI is InChI=1S/C17H17N5O2S2/c18-16(24)19-15(23)8-10-26-17-21-20-14(11-13-7-4-9-25-13)22(17)12-5-2-1-3-6-12/h1-7,9H,8,10-11H2,(H3,18,19,23,24). The van der Waals surface area contributed by atoms with Crippen LogP contribution in [0.4, 0.5) is 4.79 Å². The smallest absolute Gasteiger partial charge is 0.318 e. The lowest BCUT2D eigenvalue weighted by molar-refractivity contribution is -0.119. The van der Waals surface area contributed by atoms with Gasteiger partial charge in [0, 0.05) is 29.2 Å². The lowest BCUT2D eigenvalue weighted by Crippen LogP contribution is -2.35. The highest BCUT2D eigenvalue weighted by molar-refractivity contribution is 7.99. The number of para-hydroxylation sites is 1.